The first-order chi connectivity index (χ1) is 25.0. The van der Waals surface area contributed by atoms with E-state index in [0.717, 1.165) is 77.0 Å². The molecule has 0 rings (SSSR count). The van der Waals surface area contributed by atoms with Gasteiger partial charge in [-0.3, -0.25) is 38.6 Å². The molecule has 0 bridgehead atoms. The largest absolute Gasteiger partial charge is 0.465 e. The van der Waals surface area contributed by atoms with Crippen LogP contribution in [0.25, 0.3) is 0 Å². The Hall–Kier alpha value is -3.52. The van der Waals surface area contributed by atoms with Crippen molar-refractivity contribution in [2.45, 2.75) is 118 Å². The molecule has 0 saturated heterocycles. The lowest BCUT2D eigenvalue weighted by Crippen LogP contribution is -2.35. The number of nitrogens with zero attached hydrogens (tertiary/aromatic N) is 2. The first-order valence-electron chi connectivity index (χ1n) is 18.9. The van der Waals surface area contributed by atoms with E-state index in [1.807, 2.05) is 9.80 Å². The summed E-state index contributed by atoms with van der Waals surface area (Å²) in [5, 5.41) is 0. The van der Waals surface area contributed by atoms with Gasteiger partial charge in [-0.2, -0.15) is 0 Å². The van der Waals surface area contributed by atoms with E-state index in [9.17, 15) is 28.8 Å². The molecule has 0 aliphatic rings. The van der Waals surface area contributed by atoms with Crippen LogP contribution in [0.4, 0.5) is 0 Å². The van der Waals surface area contributed by atoms with Crippen LogP contribution in [0.3, 0.4) is 0 Å². The van der Waals surface area contributed by atoms with Gasteiger partial charge in [-0.05, 0) is 38.5 Å². The summed E-state index contributed by atoms with van der Waals surface area (Å²) in [7, 11) is 0. The minimum absolute atomic E-state index is 0.217. The maximum atomic E-state index is 12.1. The zero-order valence-electron chi connectivity index (χ0n) is 32.3. The molecule has 0 spiro atoms. The summed E-state index contributed by atoms with van der Waals surface area (Å²) in [6.45, 7) is 9.52. The predicted octanol–water partition coefficient (Wildman–Crippen LogP) is 4.95. The number of allylic oxidation sites excluding steroid dienone is 2. The molecular weight excluding hydrogens is 676 g/mol. The number of ether oxygens (including phenoxy) is 6. The molecule has 14 heteroatoms. The Morgan fingerprint density at radius 3 is 0.904 bits per heavy atom. The number of unbranched alkanes of at least 4 members (excludes halogenated alkanes) is 10. The molecule has 0 aliphatic carbocycles. The summed E-state index contributed by atoms with van der Waals surface area (Å²) >= 11 is 0. The molecule has 0 heterocycles. The molecular formula is C38H66N2O12. The second-order valence-electron chi connectivity index (χ2n) is 12.6. The van der Waals surface area contributed by atoms with Crippen molar-refractivity contribution in [1.82, 2.24) is 9.80 Å². The van der Waals surface area contributed by atoms with Crippen molar-refractivity contribution in [3.05, 3.63) is 12.2 Å². The third kappa shape index (κ3) is 36.3. The highest BCUT2D eigenvalue weighted by Gasteiger charge is 2.11. The van der Waals surface area contributed by atoms with Gasteiger partial charge in [0.25, 0.3) is 0 Å². The lowest BCUT2D eigenvalue weighted by Gasteiger charge is -2.21. The molecule has 0 radical (unpaired) electrons. The third-order valence-corrected chi connectivity index (χ3v) is 7.86. The summed E-state index contributed by atoms with van der Waals surface area (Å²) in [4.78, 5) is 72.0. The van der Waals surface area contributed by atoms with Crippen LogP contribution >= 0.6 is 0 Å². The Bertz CT molecular complexity index is 902. The molecule has 0 N–H and O–H groups in total. The molecule has 0 atom stereocenters. The van der Waals surface area contributed by atoms with Crippen LogP contribution in [0.2, 0.25) is 0 Å². The van der Waals surface area contributed by atoms with Gasteiger partial charge in [-0.15, -0.1) is 0 Å². The summed E-state index contributed by atoms with van der Waals surface area (Å²) < 4.78 is 30.6. The maximum Gasteiger partial charge on any atom is 0.305 e. The van der Waals surface area contributed by atoms with E-state index >= 15 is 0 Å². The molecule has 0 saturated carbocycles. The molecule has 300 valence electrons. The standard InChI is InChI=1S/C38H66N2O12/c1-33(41)47-27-21-39(22-28-48-34(2)42)25-31-51-37(45)19-17-15-13-11-9-7-5-6-8-10-12-14-16-18-20-38(46)52-32-26-40(23-29-49-35(3)43)24-30-50-36(4)44/h5-6H,7-32H2,1-4H3/b6-5+. The van der Waals surface area contributed by atoms with E-state index in [0.29, 0.717) is 52.1 Å². The fourth-order valence-electron chi connectivity index (χ4n) is 5.03. The van der Waals surface area contributed by atoms with Crippen LogP contribution in [-0.2, 0) is 57.2 Å². The first kappa shape index (κ1) is 48.5. The van der Waals surface area contributed by atoms with Crippen molar-refractivity contribution in [3.8, 4) is 0 Å². The zero-order valence-corrected chi connectivity index (χ0v) is 32.3. The highest BCUT2D eigenvalue weighted by Crippen LogP contribution is 2.11. The molecule has 0 unspecified atom stereocenters. The quantitative estimate of drug-likeness (QED) is 0.0377. The van der Waals surface area contributed by atoms with E-state index in [2.05, 4.69) is 12.2 Å². The monoisotopic (exact) mass is 742 g/mol. The summed E-state index contributed by atoms with van der Waals surface area (Å²) in [5.74, 6) is -1.87. The molecule has 0 aliphatic heterocycles. The van der Waals surface area contributed by atoms with E-state index in [-0.39, 0.29) is 75.5 Å². The van der Waals surface area contributed by atoms with Crippen molar-refractivity contribution in [2.24, 2.45) is 0 Å². The van der Waals surface area contributed by atoms with E-state index in [1.54, 1.807) is 0 Å². The Kier molecular flexibility index (Phi) is 32.2. The van der Waals surface area contributed by atoms with E-state index < -0.39 is 0 Å². The van der Waals surface area contributed by atoms with Gasteiger partial charge >= 0.3 is 35.8 Å². The Balaban J connectivity index is 3.75. The topological polar surface area (TPSA) is 164 Å². The second kappa shape index (κ2) is 34.6. The van der Waals surface area contributed by atoms with Crippen molar-refractivity contribution >= 4 is 35.8 Å². The number of esters is 6. The lowest BCUT2D eigenvalue weighted by molar-refractivity contribution is -0.146. The summed E-state index contributed by atoms with van der Waals surface area (Å²) in [5.41, 5.74) is 0. The van der Waals surface area contributed by atoms with Crippen molar-refractivity contribution in [2.75, 3.05) is 78.9 Å². The number of rotatable bonds is 34. The summed E-state index contributed by atoms with van der Waals surface area (Å²) in [6.07, 6.45) is 17.7. The molecule has 0 amide bonds. The second-order valence-corrected chi connectivity index (χ2v) is 12.6. The molecule has 0 fully saturated rings. The number of carbonyl (C=O) groups excluding carboxylic acids is 6. The average molecular weight is 743 g/mol. The number of hydrogen-bond acceptors (Lipinski definition) is 14. The number of carbonyl (C=O) groups is 6. The Labute approximate surface area is 311 Å². The predicted molar refractivity (Wildman–Crippen MR) is 195 cm³/mol. The highest BCUT2D eigenvalue weighted by molar-refractivity contribution is 5.69. The fraction of sp³-hybridized carbons (Fsp3) is 0.789. The van der Waals surface area contributed by atoms with Crippen molar-refractivity contribution in [1.29, 1.82) is 0 Å². The van der Waals surface area contributed by atoms with Gasteiger partial charge in [0.2, 0.25) is 0 Å². The van der Waals surface area contributed by atoms with Gasteiger partial charge in [0.05, 0.1) is 0 Å². The summed E-state index contributed by atoms with van der Waals surface area (Å²) in [6, 6.07) is 0. The van der Waals surface area contributed by atoms with Gasteiger partial charge in [0, 0.05) is 79.8 Å². The normalized spacial score (nSPS) is 11.1. The van der Waals surface area contributed by atoms with Crippen LogP contribution in [0.5, 0.6) is 0 Å². The highest BCUT2D eigenvalue weighted by atomic mass is 16.6. The molecule has 14 nitrogen and oxygen atoms in total. The Morgan fingerprint density at radius 2 is 0.615 bits per heavy atom. The Morgan fingerprint density at radius 1 is 0.365 bits per heavy atom. The average Bonchev–Trinajstić information content (AvgIpc) is 3.07. The smallest absolute Gasteiger partial charge is 0.305 e. The van der Waals surface area contributed by atoms with E-state index in [4.69, 9.17) is 28.4 Å². The van der Waals surface area contributed by atoms with Gasteiger partial charge in [-0.1, -0.05) is 50.7 Å². The van der Waals surface area contributed by atoms with Crippen LogP contribution in [0.15, 0.2) is 12.2 Å². The maximum absolute atomic E-state index is 12.1. The van der Waals surface area contributed by atoms with Crippen LogP contribution in [0, 0.1) is 0 Å². The molecule has 52 heavy (non-hydrogen) atoms. The van der Waals surface area contributed by atoms with Gasteiger partial charge in [0.15, 0.2) is 0 Å². The number of hydrogen-bond donors (Lipinski definition) is 0. The third-order valence-electron chi connectivity index (χ3n) is 7.86. The SMILES string of the molecule is CC(=O)OCCN(CCOC(C)=O)CCOC(=O)CCCCCCC/C=C/CCCCCCCC(=O)OCCN(CCOC(C)=O)CCOC(C)=O. The fourth-order valence-corrected chi connectivity index (χ4v) is 5.03. The van der Waals surface area contributed by atoms with Gasteiger partial charge in [-0.25, -0.2) is 0 Å². The van der Waals surface area contributed by atoms with Crippen LogP contribution in [-0.4, -0.2) is 125 Å². The van der Waals surface area contributed by atoms with Crippen LogP contribution in [0.1, 0.15) is 118 Å². The molecule has 0 aromatic heterocycles. The van der Waals surface area contributed by atoms with Gasteiger partial charge < -0.3 is 28.4 Å². The zero-order chi connectivity index (χ0) is 38.7. The van der Waals surface area contributed by atoms with Gasteiger partial charge in [0.1, 0.15) is 39.6 Å². The van der Waals surface area contributed by atoms with Crippen molar-refractivity contribution < 1.29 is 57.2 Å². The minimum Gasteiger partial charge on any atom is -0.465 e. The molecule has 0 aromatic rings. The minimum atomic E-state index is -0.358. The van der Waals surface area contributed by atoms with Crippen LogP contribution < -0.4 is 0 Å². The van der Waals surface area contributed by atoms with Crippen molar-refractivity contribution in [3.63, 3.8) is 0 Å². The van der Waals surface area contributed by atoms with E-state index in [1.165, 1.54) is 27.7 Å². The first-order valence-corrected chi connectivity index (χ1v) is 18.9. The molecule has 0 aromatic carbocycles. The lowest BCUT2D eigenvalue weighted by atomic mass is 10.1.